The van der Waals surface area contributed by atoms with Gasteiger partial charge in [0.2, 0.25) is 0 Å². The number of allylic oxidation sites excluding steroid dienone is 1. The first-order chi connectivity index (χ1) is 18.7. The van der Waals surface area contributed by atoms with Gasteiger partial charge in [-0.2, -0.15) is 5.10 Å². The minimum absolute atomic E-state index is 0.219. The van der Waals surface area contributed by atoms with Crippen LogP contribution in [0, 0.1) is 20.8 Å². The molecule has 1 aliphatic rings. The Morgan fingerprint density at radius 1 is 0.872 bits per heavy atom. The van der Waals surface area contributed by atoms with E-state index >= 15 is 0 Å². The number of fused-ring (bicyclic) bond motifs is 1. The average molecular weight is 520 g/mol. The molecule has 3 aromatic carbocycles. The predicted molar refractivity (Wildman–Crippen MR) is 156 cm³/mol. The topological polar surface area (TPSA) is 88.1 Å². The van der Waals surface area contributed by atoms with Gasteiger partial charge in [0.1, 0.15) is 17.4 Å². The Bertz CT molecular complexity index is 1580. The number of amides is 2. The summed E-state index contributed by atoms with van der Waals surface area (Å²) in [7, 11) is 0. The molecular weight excluding hydrogens is 486 g/mol. The number of nitrogens with zero attached hydrogens (tertiary/aromatic N) is 2. The van der Waals surface area contributed by atoms with Crippen LogP contribution in [0.1, 0.15) is 58.1 Å². The molecule has 1 aromatic heterocycles. The van der Waals surface area contributed by atoms with Gasteiger partial charge in [-0.15, -0.1) is 0 Å². The molecule has 3 N–H and O–H groups in total. The average Bonchev–Trinajstić information content (AvgIpc) is 3.34. The van der Waals surface area contributed by atoms with E-state index in [-0.39, 0.29) is 11.8 Å². The van der Waals surface area contributed by atoms with Gasteiger partial charge < -0.3 is 16.0 Å². The number of aryl methyl sites for hydroxylation is 4. The van der Waals surface area contributed by atoms with Crippen LogP contribution >= 0.6 is 0 Å². The lowest BCUT2D eigenvalue weighted by Gasteiger charge is -2.30. The maximum atomic E-state index is 13.8. The van der Waals surface area contributed by atoms with Gasteiger partial charge in [-0.05, 0) is 69.0 Å². The maximum absolute atomic E-state index is 13.8. The van der Waals surface area contributed by atoms with Gasteiger partial charge in [0, 0.05) is 17.1 Å². The number of carbonyl (C=O) groups excluding carboxylic acids is 2. The first-order valence-corrected chi connectivity index (χ1v) is 13.2. The van der Waals surface area contributed by atoms with Gasteiger partial charge in [0.15, 0.2) is 0 Å². The Morgan fingerprint density at radius 2 is 1.56 bits per heavy atom. The number of aromatic nitrogens is 2. The van der Waals surface area contributed by atoms with Gasteiger partial charge in [-0.1, -0.05) is 66.6 Å². The summed E-state index contributed by atoms with van der Waals surface area (Å²) in [6.07, 6.45) is 2.47. The van der Waals surface area contributed by atoms with Crippen LogP contribution in [0.5, 0.6) is 0 Å². The van der Waals surface area contributed by atoms with Gasteiger partial charge in [-0.3, -0.25) is 9.59 Å². The normalized spacial score (nSPS) is 14.4. The molecule has 0 fully saturated rings. The number of anilines is 3. The highest BCUT2D eigenvalue weighted by Crippen LogP contribution is 2.38. The summed E-state index contributed by atoms with van der Waals surface area (Å²) in [5.41, 5.74) is 8.42. The van der Waals surface area contributed by atoms with Gasteiger partial charge in [0.05, 0.1) is 11.8 Å². The van der Waals surface area contributed by atoms with E-state index < -0.39 is 6.04 Å². The third-order valence-electron chi connectivity index (χ3n) is 7.16. The second-order valence-electron chi connectivity index (χ2n) is 10.1. The van der Waals surface area contributed by atoms with Crippen molar-refractivity contribution in [2.75, 3.05) is 16.0 Å². The number of hydrogen-bond acceptors (Lipinski definition) is 4. The largest absolute Gasteiger partial charge is 0.343 e. The third-order valence-corrected chi connectivity index (χ3v) is 7.16. The molecule has 7 heteroatoms. The summed E-state index contributed by atoms with van der Waals surface area (Å²) in [6, 6.07) is 21.3. The Hall–Kier alpha value is -4.65. The molecular formula is C32H33N5O2. The fraction of sp³-hybridized carbons (Fsp3) is 0.219. The van der Waals surface area contributed by atoms with Gasteiger partial charge in [0.25, 0.3) is 11.8 Å². The number of carbonyl (C=O) groups is 2. The Labute approximate surface area is 229 Å². The van der Waals surface area contributed by atoms with Crippen LogP contribution in [-0.2, 0) is 11.2 Å². The zero-order valence-electron chi connectivity index (χ0n) is 22.9. The summed E-state index contributed by atoms with van der Waals surface area (Å²) >= 11 is 0. The lowest BCUT2D eigenvalue weighted by Crippen LogP contribution is -2.32. The van der Waals surface area contributed by atoms with Crippen LogP contribution in [0.25, 0.3) is 0 Å². The van der Waals surface area contributed by atoms with Crippen LogP contribution in [0.15, 0.2) is 84.2 Å². The van der Waals surface area contributed by atoms with E-state index in [1.807, 2.05) is 82.3 Å². The molecule has 1 atom stereocenters. The Balaban J connectivity index is 1.54. The minimum Gasteiger partial charge on any atom is -0.343 e. The highest BCUT2D eigenvalue weighted by molar-refractivity contribution is 6.09. The molecule has 0 bridgehead atoms. The van der Waals surface area contributed by atoms with E-state index in [1.165, 1.54) is 5.56 Å². The van der Waals surface area contributed by atoms with Crippen LogP contribution < -0.4 is 16.0 Å². The van der Waals surface area contributed by atoms with E-state index in [9.17, 15) is 9.59 Å². The van der Waals surface area contributed by atoms with E-state index in [4.69, 9.17) is 0 Å². The molecule has 0 unspecified atom stereocenters. The van der Waals surface area contributed by atoms with Crippen molar-refractivity contribution in [3.05, 3.63) is 118 Å². The quantitative estimate of drug-likeness (QED) is 0.270. The van der Waals surface area contributed by atoms with E-state index in [2.05, 4.69) is 40.1 Å². The first kappa shape index (κ1) is 26.0. The molecule has 2 amide bonds. The van der Waals surface area contributed by atoms with Gasteiger partial charge >= 0.3 is 0 Å². The highest BCUT2D eigenvalue weighted by Gasteiger charge is 2.35. The van der Waals surface area contributed by atoms with E-state index in [0.29, 0.717) is 28.3 Å². The maximum Gasteiger partial charge on any atom is 0.261 e. The molecule has 5 rings (SSSR count). The smallest absolute Gasteiger partial charge is 0.261 e. The lowest BCUT2D eigenvalue weighted by atomic mass is 9.93. The fourth-order valence-corrected chi connectivity index (χ4v) is 4.94. The third kappa shape index (κ3) is 5.21. The monoisotopic (exact) mass is 519 g/mol. The molecule has 39 heavy (non-hydrogen) atoms. The Morgan fingerprint density at radius 3 is 2.23 bits per heavy atom. The molecule has 7 nitrogen and oxygen atoms in total. The zero-order chi connectivity index (χ0) is 27.7. The molecule has 1 aliphatic heterocycles. The van der Waals surface area contributed by atoms with Crippen molar-refractivity contribution in [2.45, 2.75) is 47.1 Å². The van der Waals surface area contributed by atoms with E-state index in [0.717, 1.165) is 34.4 Å². The molecule has 0 saturated heterocycles. The summed E-state index contributed by atoms with van der Waals surface area (Å²) in [5.74, 6) is 0.0525. The molecule has 4 aromatic rings. The van der Waals surface area contributed by atoms with Gasteiger partial charge in [-0.25, -0.2) is 4.68 Å². The van der Waals surface area contributed by atoms with Crippen molar-refractivity contribution in [1.82, 2.24) is 9.78 Å². The molecule has 0 saturated carbocycles. The standard InChI is InChI=1S/C32H33N5O2/c1-6-23-10-12-24(13-11-23)29-28(32(39)36-27-16-9-20(3)17-21(27)4)22(5)34-30-26(18-33-37(29)30)31(38)35-25-14-7-19(2)8-15-25/h7-18,29,34H,6H2,1-5H3,(H,35,38)(H,36,39)/t29-/m1/s1. The summed E-state index contributed by atoms with van der Waals surface area (Å²) in [4.78, 5) is 27.1. The van der Waals surface area contributed by atoms with E-state index in [1.54, 1.807) is 10.9 Å². The SMILES string of the molecule is CCc1ccc([C@@H]2C(C(=O)Nc3ccc(C)cc3C)=C(C)Nc3c(C(=O)Nc4ccc(C)cc4)cnn32)cc1. The predicted octanol–water partition coefficient (Wildman–Crippen LogP) is 6.55. The highest BCUT2D eigenvalue weighted by atomic mass is 16.2. The molecule has 0 spiro atoms. The number of benzene rings is 3. The minimum atomic E-state index is -0.515. The molecule has 0 radical (unpaired) electrons. The van der Waals surface area contributed by atoms with Crippen LogP contribution in [0.2, 0.25) is 0 Å². The number of nitrogens with one attached hydrogen (secondary N) is 3. The summed E-state index contributed by atoms with van der Waals surface area (Å²) < 4.78 is 1.73. The summed E-state index contributed by atoms with van der Waals surface area (Å²) in [5, 5.41) is 14.0. The van der Waals surface area contributed by atoms with Crippen molar-refractivity contribution in [2.24, 2.45) is 0 Å². The zero-order valence-corrected chi connectivity index (χ0v) is 22.9. The molecule has 2 heterocycles. The molecule has 198 valence electrons. The van der Waals surface area contributed by atoms with Crippen molar-refractivity contribution in [3.63, 3.8) is 0 Å². The van der Waals surface area contributed by atoms with Crippen molar-refractivity contribution >= 4 is 29.0 Å². The van der Waals surface area contributed by atoms with Crippen molar-refractivity contribution < 1.29 is 9.59 Å². The number of hydrogen-bond donors (Lipinski definition) is 3. The van der Waals surface area contributed by atoms with Crippen LogP contribution in [0.3, 0.4) is 0 Å². The summed E-state index contributed by atoms with van der Waals surface area (Å²) in [6.45, 7) is 9.98. The van der Waals surface area contributed by atoms with Crippen LogP contribution in [-0.4, -0.2) is 21.6 Å². The number of rotatable bonds is 6. The van der Waals surface area contributed by atoms with Crippen LogP contribution in [0.4, 0.5) is 17.2 Å². The Kier molecular flexibility index (Phi) is 7.07. The second-order valence-corrected chi connectivity index (χ2v) is 10.1. The van der Waals surface area contributed by atoms with Crippen molar-refractivity contribution in [1.29, 1.82) is 0 Å². The van der Waals surface area contributed by atoms with Crippen molar-refractivity contribution in [3.8, 4) is 0 Å². The first-order valence-electron chi connectivity index (χ1n) is 13.2. The molecule has 0 aliphatic carbocycles. The second kappa shape index (κ2) is 10.6. The lowest BCUT2D eigenvalue weighted by molar-refractivity contribution is -0.113. The fourth-order valence-electron chi connectivity index (χ4n) is 4.94.